The third kappa shape index (κ3) is 4.06. The Morgan fingerprint density at radius 2 is 2.05 bits per heavy atom. The van der Waals surface area contributed by atoms with Crippen LogP contribution in [-0.2, 0) is 6.54 Å². The van der Waals surface area contributed by atoms with E-state index in [4.69, 9.17) is 5.73 Å². The van der Waals surface area contributed by atoms with Crippen molar-refractivity contribution in [2.75, 3.05) is 19.6 Å². The molecule has 114 valence electrons. The quantitative estimate of drug-likeness (QED) is 0.944. The van der Waals surface area contributed by atoms with Crippen molar-refractivity contribution in [3.63, 3.8) is 0 Å². The summed E-state index contributed by atoms with van der Waals surface area (Å²) in [5, 5.41) is 4.25. The summed E-state index contributed by atoms with van der Waals surface area (Å²) < 4.78 is 1.88. The predicted octanol–water partition coefficient (Wildman–Crippen LogP) is 2.46. The molecule has 2 heterocycles. The van der Waals surface area contributed by atoms with Gasteiger partial charge in [0.05, 0.1) is 5.69 Å². The molecule has 1 fully saturated rings. The summed E-state index contributed by atoms with van der Waals surface area (Å²) in [6, 6.07) is 10.6. The Labute approximate surface area is 132 Å². The fourth-order valence-electron chi connectivity index (χ4n) is 2.92. The molecule has 1 aliphatic rings. The number of nitrogens with zero attached hydrogens (tertiary/aromatic N) is 3. The lowest BCUT2D eigenvalue weighted by atomic mass is 9.98. The van der Waals surface area contributed by atoms with Gasteiger partial charge in [0.2, 0.25) is 0 Å². The maximum Gasteiger partial charge on any atom is 0.0645 e. The van der Waals surface area contributed by atoms with E-state index in [1.807, 2.05) is 16.9 Å². The molecule has 0 saturated carbocycles. The predicted molar refractivity (Wildman–Crippen MR) is 87.9 cm³/mol. The van der Waals surface area contributed by atoms with Gasteiger partial charge in [0.15, 0.2) is 0 Å². The van der Waals surface area contributed by atoms with Crippen LogP contribution in [0.4, 0.5) is 0 Å². The summed E-state index contributed by atoms with van der Waals surface area (Å²) in [7, 11) is 0. The number of benzene rings is 1. The monoisotopic (exact) mass is 306 g/mol. The maximum absolute atomic E-state index is 5.80. The van der Waals surface area contributed by atoms with Crippen molar-refractivity contribution < 1.29 is 0 Å². The molecule has 2 N–H and O–H groups in total. The van der Waals surface area contributed by atoms with Crippen molar-refractivity contribution in [1.82, 2.24) is 14.7 Å². The molecular formula is C16H23ClN4. The van der Waals surface area contributed by atoms with Crippen LogP contribution in [0.2, 0.25) is 0 Å². The van der Waals surface area contributed by atoms with E-state index in [-0.39, 0.29) is 12.4 Å². The Morgan fingerprint density at radius 3 is 2.71 bits per heavy atom. The number of hydrogen-bond donors (Lipinski definition) is 1. The first-order chi connectivity index (χ1) is 9.85. The third-order valence-electron chi connectivity index (χ3n) is 4.05. The van der Waals surface area contributed by atoms with E-state index in [0.29, 0.717) is 5.92 Å². The lowest BCUT2D eigenvalue weighted by Crippen LogP contribution is -2.37. The van der Waals surface area contributed by atoms with Crippen molar-refractivity contribution in [3.05, 3.63) is 48.3 Å². The highest BCUT2D eigenvalue weighted by molar-refractivity contribution is 5.85. The van der Waals surface area contributed by atoms with Gasteiger partial charge in [0.1, 0.15) is 0 Å². The highest BCUT2D eigenvalue weighted by Crippen LogP contribution is 2.18. The first kappa shape index (κ1) is 16.0. The molecule has 1 atom stereocenters. The number of hydrogen-bond acceptors (Lipinski definition) is 3. The highest BCUT2D eigenvalue weighted by Gasteiger charge is 2.18. The molecular weight excluding hydrogens is 284 g/mol. The van der Waals surface area contributed by atoms with Gasteiger partial charge < -0.3 is 5.73 Å². The molecule has 1 unspecified atom stereocenters. The smallest absolute Gasteiger partial charge is 0.0645 e. The molecule has 21 heavy (non-hydrogen) atoms. The Bertz CT molecular complexity index is 524. The van der Waals surface area contributed by atoms with E-state index in [0.717, 1.165) is 25.3 Å². The summed E-state index contributed by atoms with van der Waals surface area (Å²) in [4.78, 5) is 2.52. The summed E-state index contributed by atoms with van der Waals surface area (Å²) in [5.41, 5.74) is 8.26. The zero-order chi connectivity index (χ0) is 13.8. The van der Waals surface area contributed by atoms with E-state index in [1.54, 1.807) is 6.20 Å². The fourth-order valence-corrected chi connectivity index (χ4v) is 2.92. The summed E-state index contributed by atoms with van der Waals surface area (Å²) in [6.07, 6.45) is 6.32. The molecule has 5 heteroatoms. The van der Waals surface area contributed by atoms with E-state index >= 15 is 0 Å². The van der Waals surface area contributed by atoms with E-state index in [2.05, 4.69) is 34.3 Å². The highest BCUT2D eigenvalue weighted by atomic mass is 35.5. The Balaban J connectivity index is 0.00000161. The average molecular weight is 307 g/mol. The van der Waals surface area contributed by atoms with Crippen LogP contribution in [0.3, 0.4) is 0 Å². The normalized spacial score (nSPS) is 19.2. The van der Waals surface area contributed by atoms with Crippen molar-refractivity contribution in [3.8, 4) is 5.69 Å². The largest absolute Gasteiger partial charge is 0.330 e. The molecule has 1 aliphatic heterocycles. The minimum Gasteiger partial charge on any atom is -0.330 e. The van der Waals surface area contributed by atoms with Crippen molar-refractivity contribution in [2.45, 2.75) is 19.4 Å². The van der Waals surface area contributed by atoms with Crippen LogP contribution in [0, 0.1) is 5.92 Å². The van der Waals surface area contributed by atoms with Crippen LogP contribution < -0.4 is 5.73 Å². The van der Waals surface area contributed by atoms with Gasteiger partial charge in [0.25, 0.3) is 0 Å². The molecule has 0 bridgehead atoms. The summed E-state index contributed by atoms with van der Waals surface area (Å²) in [6.45, 7) is 4.17. The van der Waals surface area contributed by atoms with Gasteiger partial charge in [-0.05, 0) is 55.6 Å². The topological polar surface area (TPSA) is 47.1 Å². The average Bonchev–Trinajstić information content (AvgIpc) is 3.02. The standard InChI is InChI=1S/C16H22N4.ClH/c17-11-15-3-1-9-19(13-15)12-14-4-6-16(7-5-14)20-10-2-8-18-20;/h2,4-8,10,15H,1,3,9,11-13,17H2;1H. The molecule has 2 aromatic rings. The second-order valence-electron chi connectivity index (χ2n) is 5.60. The molecule has 1 aromatic heterocycles. The summed E-state index contributed by atoms with van der Waals surface area (Å²) in [5.74, 6) is 0.673. The van der Waals surface area contributed by atoms with Gasteiger partial charge in [-0.3, -0.25) is 4.90 Å². The fraction of sp³-hybridized carbons (Fsp3) is 0.438. The number of rotatable bonds is 4. The van der Waals surface area contributed by atoms with Gasteiger partial charge in [-0.25, -0.2) is 4.68 Å². The van der Waals surface area contributed by atoms with Crippen molar-refractivity contribution >= 4 is 12.4 Å². The number of likely N-dealkylation sites (tertiary alicyclic amines) is 1. The van der Waals surface area contributed by atoms with E-state index in [9.17, 15) is 0 Å². The molecule has 0 radical (unpaired) electrons. The second-order valence-corrected chi connectivity index (χ2v) is 5.60. The van der Waals surface area contributed by atoms with Crippen LogP contribution in [0.1, 0.15) is 18.4 Å². The maximum atomic E-state index is 5.80. The Hall–Kier alpha value is -1.36. The van der Waals surface area contributed by atoms with Gasteiger partial charge >= 0.3 is 0 Å². The van der Waals surface area contributed by atoms with Crippen LogP contribution in [0.15, 0.2) is 42.7 Å². The SMILES string of the molecule is Cl.NCC1CCCN(Cc2ccc(-n3cccn3)cc2)C1. The van der Waals surface area contributed by atoms with Gasteiger partial charge in [0, 0.05) is 25.5 Å². The first-order valence-electron chi connectivity index (χ1n) is 7.36. The number of halogens is 1. The molecule has 0 aliphatic carbocycles. The lowest BCUT2D eigenvalue weighted by molar-refractivity contribution is 0.171. The van der Waals surface area contributed by atoms with Crippen LogP contribution in [0.5, 0.6) is 0 Å². The Kier molecular flexibility index (Phi) is 5.79. The molecule has 4 nitrogen and oxygen atoms in total. The molecule has 0 spiro atoms. The third-order valence-corrected chi connectivity index (χ3v) is 4.05. The number of nitrogens with two attached hydrogens (primary N) is 1. The van der Waals surface area contributed by atoms with Crippen molar-refractivity contribution in [2.24, 2.45) is 11.7 Å². The second kappa shape index (κ2) is 7.59. The zero-order valence-corrected chi connectivity index (χ0v) is 13.0. The minimum atomic E-state index is 0. The first-order valence-corrected chi connectivity index (χ1v) is 7.36. The lowest BCUT2D eigenvalue weighted by Gasteiger charge is -2.32. The molecule has 1 aromatic carbocycles. The molecule has 0 amide bonds. The zero-order valence-electron chi connectivity index (χ0n) is 12.2. The van der Waals surface area contributed by atoms with Crippen LogP contribution in [-0.4, -0.2) is 34.3 Å². The summed E-state index contributed by atoms with van der Waals surface area (Å²) >= 11 is 0. The van der Waals surface area contributed by atoms with Crippen LogP contribution in [0.25, 0.3) is 5.69 Å². The minimum absolute atomic E-state index is 0. The molecule has 3 rings (SSSR count). The molecule has 1 saturated heterocycles. The van der Waals surface area contributed by atoms with Gasteiger partial charge in [-0.1, -0.05) is 12.1 Å². The number of aromatic nitrogens is 2. The number of piperidine rings is 1. The van der Waals surface area contributed by atoms with Crippen molar-refractivity contribution in [1.29, 1.82) is 0 Å². The van der Waals surface area contributed by atoms with E-state index < -0.39 is 0 Å². The Morgan fingerprint density at radius 1 is 1.24 bits per heavy atom. The van der Waals surface area contributed by atoms with E-state index in [1.165, 1.54) is 24.9 Å². The van der Waals surface area contributed by atoms with Gasteiger partial charge in [-0.2, -0.15) is 5.10 Å². The van der Waals surface area contributed by atoms with Crippen LogP contribution >= 0.6 is 12.4 Å². The van der Waals surface area contributed by atoms with Gasteiger partial charge in [-0.15, -0.1) is 12.4 Å².